The standard InChI is InChI=1S/C18H30N4OS/c1-15-19-16(14-24-15)13-21-9-11-22(12-10-21)18(23)7-6-17-5-3-4-8-20(17)2/h14,17H,3-13H2,1-2H3/t17-/m0/s1. The number of hydrogen-bond acceptors (Lipinski definition) is 5. The van der Waals surface area contributed by atoms with Crippen LogP contribution in [0.5, 0.6) is 0 Å². The van der Waals surface area contributed by atoms with Crippen LogP contribution in [0.3, 0.4) is 0 Å². The minimum absolute atomic E-state index is 0.345. The monoisotopic (exact) mass is 350 g/mol. The quantitative estimate of drug-likeness (QED) is 0.817. The minimum atomic E-state index is 0.345. The number of carbonyl (C=O) groups is 1. The normalized spacial score (nSPS) is 23.6. The van der Waals surface area contributed by atoms with Gasteiger partial charge in [0.05, 0.1) is 10.7 Å². The van der Waals surface area contributed by atoms with Gasteiger partial charge < -0.3 is 9.80 Å². The lowest BCUT2D eigenvalue weighted by molar-refractivity contribution is -0.133. The molecule has 0 saturated carbocycles. The molecule has 0 aromatic carbocycles. The lowest BCUT2D eigenvalue weighted by Gasteiger charge is -2.36. The van der Waals surface area contributed by atoms with E-state index >= 15 is 0 Å². The van der Waals surface area contributed by atoms with Gasteiger partial charge >= 0.3 is 0 Å². The van der Waals surface area contributed by atoms with Crippen LogP contribution in [0.25, 0.3) is 0 Å². The van der Waals surface area contributed by atoms with Gasteiger partial charge in [-0.25, -0.2) is 4.98 Å². The van der Waals surface area contributed by atoms with Crippen molar-refractivity contribution in [2.24, 2.45) is 0 Å². The highest BCUT2D eigenvalue weighted by atomic mass is 32.1. The van der Waals surface area contributed by atoms with Gasteiger partial charge in [-0.15, -0.1) is 11.3 Å². The molecule has 1 aromatic heterocycles. The van der Waals surface area contributed by atoms with Gasteiger partial charge in [0.25, 0.3) is 0 Å². The number of piperidine rings is 1. The second kappa shape index (κ2) is 8.41. The third kappa shape index (κ3) is 4.77. The van der Waals surface area contributed by atoms with E-state index in [1.165, 1.54) is 25.8 Å². The number of aromatic nitrogens is 1. The predicted octanol–water partition coefficient (Wildman–Crippen LogP) is 2.36. The lowest BCUT2D eigenvalue weighted by atomic mass is 9.98. The number of rotatable bonds is 5. The number of carbonyl (C=O) groups excluding carboxylic acids is 1. The maximum absolute atomic E-state index is 12.5. The third-order valence-corrected chi connectivity index (χ3v) is 6.21. The molecule has 1 amide bonds. The molecule has 0 bridgehead atoms. The average molecular weight is 351 g/mol. The molecule has 5 nitrogen and oxygen atoms in total. The van der Waals surface area contributed by atoms with Crippen molar-refractivity contribution in [1.82, 2.24) is 19.7 Å². The van der Waals surface area contributed by atoms with E-state index in [2.05, 4.69) is 39.0 Å². The van der Waals surface area contributed by atoms with Crippen LogP contribution in [-0.4, -0.2) is 71.4 Å². The fourth-order valence-corrected chi connectivity index (χ4v) is 4.43. The summed E-state index contributed by atoms with van der Waals surface area (Å²) in [5, 5.41) is 3.28. The van der Waals surface area contributed by atoms with Crippen LogP contribution in [0.1, 0.15) is 42.8 Å². The molecule has 0 spiro atoms. The zero-order chi connectivity index (χ0) is 16.9. The summed E-state index contributed by atoms with van der Waals surface area (Å²) in [6, 6.07) is 0.608. The fraction of sp³-hybridized carbons (Fsp3) is 0.778. The zero-order valence-corrected chi connectivity index (χ0v) is 15.9. The summed E-state index contributed by atoms with van der Waals surface area (Å²) in [6.07, 6.45) is 5.61. The molecule has 2 saturated heterocycles. The van der Waals surface area contributed by atoms with Gasteiger partial charge in [-0.1, -0.05) is 6.42 Å². The molecule has 0 aliphatic carbocycles. The molecule has 2 aliphatic rings. The Bertz CT molecular complexity index is 539. The van der Waals surface area contributed by atoms with E-state index in [1.54, 1.807) is 11.3 Å². The summed E-state index contributed by atoms with van der Waals surface area (Å²) in [6.45, 7) is 7.81. The molecule has 134 valence electrons. The van der Waals surface area contributed by atoms with E-state index < -0.39 is 0 Å². The second-order valence-corrected chi connectivity index (χ2v) is 8.25. The Hall–Kier alpha value is -0.980. The summed E-state index contributed by atoms with van der Waals surface area (Å²) >= 11 is 1.71. The van der Waals surface area contributed by atoms with Gasteiger partial charge in [0.2, 0.25) is 5.91 Å². The SMILES string of the molecule is Cc1nc(CN2CCN(C(=O)CC[C@@H]3CCCCN3C)CC2)cs1. The van der Waals surface area contributed by atoms with Crippen molar-refractivity contribution in [3.05, 3.63) is 16.1 Å². The summed E-state index contributed by atoms with van der Waals surface area (Å²) in [5.41, 5.74) is 1.16. The van der Waals surface area contributed by atoms with Crippen molar-refractivity contribution in [1.29, 1.82) is 0 Å². The van der Waals surface area contributed by atoms with Crippen LogP contribution < -0.4 is 0 Å². The first-order valence-electron chi connectivity index (χ1n) is 9.23. The van der Waals surface area contributed by atoms with Crippen molar-refractivity contribution in [2.75, 3.05) is 39.8 Å². The van der Waals surface area contributed by atoms with Gasteiger partial charge in [-0.2, -0.15) is 0 Å². The van der Waals surface area contributed by atoms with Crippen LogP contribution in [0, 0.1) is 6.92 Å². The molecule has 24 heavy (non-hydrogen) atoms. The largest absolute Gasteiger partial charge is 0.340 e. The smallest absolute Gasteiger partial charge is 0.222 e. The Balaban J connectivity index is 1.38. The number of hydrogen-bond donors (Lipinski definition) is 0. The molecular weight excluding hydrogens is 320 g/mol. The second-order valence-electron chi connectivity index (χ2n) is 7.18. The molecule has 0 N–H and O–H groups in total. The third-order valence-electron chi connectivity index (χ3n) is 5.39. The first-order valence-corrected chi connectivity index (χ1v) is 10.1. The molecule has 3 heterocycles. The van der Waals surface area contributed by atoms with Crippen molar-refractivity contribution in [3.63, 3.8) is 0 Å². The van der Waals surface area contributed by atoms with E-state index in [4.69, 9.17) is 0 Å². The number of aryl methyl sites for hydroxylation is 1. The molecule has 1 aromatic rings. The lowest BCUT2D eigenvalue weighted by Crippen LogP contribution is -2.48. The van der Waals surface area contributed by atoms with E-state index in [9.17, 15) is 4.79 Å². The van der Waals surface area contributed by atoms with Crippen LogP contribution in [0.15, 0.2) is 5.38 Å². The number of likely N-dealkylation sites (tertiary alicyclic amines) is 1. The Kier molecular flexibility index (Phi) is 6.25. The van der Waals surface area contributed by atoms with Crippen LogP contribution >= 0.6 is 11.3 Å². The van der Waals surface area contributed by atoms with E-state index in [1.807, 2.05) is 0 Å². The Morgan fingerprint density at radius 2 is 2.04 bits per heavy atom. The maximum atomic E-state index is 12.5. The summed E-state index contributed by atoms with van der Waals surface area (Å²) in [5.74, 6) is 0.345. The van der Waals surface area contributed by atoms with E-state index in [0.717, 1.165) is 49.8 Å². The maximum Gasteiger partial charge on any atom is 0.222 e. The summed E-state index contributed by atoms with van der Waals surface area (Å²) in [4.78, 5) is 23.9. The highest BCUT2D eigenvalue weighted by Gasteiger charge is 2.24. The molecule has 0 radical (unpaired) electrons. The molecule has 2 fully saturated rings. The highest BCUT2D eigenvalue weighted by molar-refractivity contribution is 7.09. The Labute approximate surface area is 149 Å². The van der Waals surface area contributed by atoms with Gasteiger partial charge in [-0.3, -0.25) is 9.69 Å². The van der Waals surface area contributed by atoms with E-state index in [-0.39, 0.29) is 0 Å². The topological polar surface area (TPSA) is 39.7 Å². The van der Waals surface area contributed by atoms with Gasteiger partial charge in [-0.05, 0) is 39.8 Å². The van der Waals surface area contributed by atoms with Gasteiger partial charge in [0, 0.05) is 50.6 Å². The van der Waals surface area contributed by atoms with Crippen LogP contribution in [-0.2, 0) is 11.3 Å². The van der Waals surface area contributed by atoms with Crippen molar-refractivity contribution < 1.29 is 4.79 Å². The molecule has 1 atom stereocenters. The minimum Gasteiger partial charge on any atom is -0.340 e. The number of thiazole rings is 1. The van der Waals surface area contributed by atoms with Crippen molar-refractivity contribution >= 4 is 17.2 Å². The van der Waals surface area contributed by atoms with Gasteiger partial charge in [0.1, 0.15) is 0 Å². The Morgan fingerprint density at radius 1 is 1.25 bits per heavy atom. The van der Waals surface area contributed by atoms with Crippen LogP contribution in [0.2, 0.25) is 0 Å². The number of nitrogens with zero attached hydrogens (tertiary/aromatic N) is 4. The molecule has 2 aliphatic heterocycles. The molecule has 6 heteroatoms. The van der Waals surface area contributed by atoms with E-state index in [0.29, 0.717) is 18.4 Å². The average Bonchev–Trinajstić information content (AvgIpc) is 2.99. The fourth-order valence-electron chi connectivity index (χ4n) is 3.82. The summed E-state index contributed by atoms with van der Waals surface area (Å²) < 4.78 is 0. The first kappa shape index (κ1) is 17.8. The van der Waals surface area contributed by atoms with Gasteiger partial charge in [0.15, 0.2) is 0 Å². The first-order chi connectivity index (χ1) is 11.6. The summed E-state index contributed by atoms with van der Waals surface area (Å²) in [7, 11) is 2.20. The highest BCUT2D eigenvalue weighted by Crippen LogP contribution is 2.20. The zero-order valence-electron chi connectivity index (χ0n) is 15.0. The van der Waals surface area contributed by atoms with Crippen LogP contribution in [0.4, 0.5) is 0 Å². The molecule has 0 unspecified atom stereocenters. The molecular formula is C18H30N4OS. The Morgan fingerprint density at radius 3 is 2.71 bits per heavy atom. The number of piperazine rings is 1. The number of amides is 1. The van der Waals surface area contributed by atoms with Crippen molar-refractivity contribution in [2.45, 2.75) is 51.6 Å². The molecule has 3 rings (SSSR count). The predicted molar refractivity (Wildman–Crippen MR) is 98.2 cm³/mol. The van der Waals surface area contributed by atoms with Crippen molar-refractivity contribution in [3.8, 4) is 0 Å².